The molecule has 0 atom stereocenters. The molecule has 29 heavy (non-hydrogen) atoms. The molecule has 3 aromatic rings. The highest BCUT2D eigenvalue weighted by Gasteiger charge is 2.20. The lowest BCUT2D eigenvalue weighted by molar-refractivity contribution is 0.103. The Balaban J connectivity index is 0.000000644. The van der Waals surface area contributed by atoms with Gasteiger partial charge in [-0.05, 0) is 37.5 Å². The van der Waals surface area contributed by atoms with Gasteiger partial charge in [0.1, 0.15) is 0 Å². The first-order valence-electron chi connectivity index (χ1n) is 9.54. The first-order valence-corrected chi connectivity index (χ1v) is 9.54. The SMILES string of the molecule is CN.CN.CN.O=C(c1ccccc1)c1c(C2C=CC=C2)ccc2ccccc12. The molecule has 0 bridgehead atoms. The van der Waals surface area contributed by atoms with E-state index >= 15 is 0 Å². The number of rotatable bonds is 3. The molecule has 1 aliphatic carbocycles. The molecule has 4 heteroatoms. The fourth-order valence-electron chi connectivity index (χ4n) is 3.19. The van der Waals surface area contributed by atoms with Gasteiger partial charge in [-0.2, -0.15) is 0 Å². The topological polar surface area (TPSA) is 95.1 Å². The number of benzene rings is 3. The summed E-state index contributed by atoms with van der Waals surface area (Å²) in [6.07, 6.45) is 8.34. The third kappa shape index (κ3) is 5.72. The quantitative estimate of drug-likeness (QED) is 0.590. The van der Waals surface area contributed by atoms with E-state index in [1.807, 2.05) is 60.7 Å². The van der Waals surface area contributed by atoms with Crippen molar-refractivity contribution in [1.29, 1.82) is 0 Å². The molecule has 4 nitrogen and oxygen atoms in total. The zero-order valence-corrected chi connectivity index (χ0v) is 17.4. The van der Waals surface area contributed by atoms with Gasteiger partial charge in [0, 0.05) is 17.0 Å². The number of allylic oxidation sites excluding steroid dienone is 4. The van der Waals surface area contributed by atoms with Crippen molar-refractivity contribution in [2.75, 3.05) is 21.1 Å². The molecule has 0 heterocycles. The van der Waals surface area contributed by atoms with Crippen LogP contribution in [0.1, 0.15) is 27.4 Å². The molecule has 4 rings (SSSR count). The normalized spacial score (nSPS) is 11.5. The number of fused-ring (bicyclic) bond motifs is 1. The molecule has 152 valence electrons. The summed E-state index contributed by atoms with van der Waals surface area (Å²) < 4.78 is 0. The Kier molecular flexibility index (Phi) is 10.9. The Morgan fingerprint density at radius 3 is 1.86 bits per heavy atom. The highest BCUT2D eigenvalue weighted by molar-refractivity contribution is 6.17. The maximum absolute atomic E-state index is 13.2. The first kappa shape index (κ1) is 24.0. The molecule has 0 amide bonds. The second-order valence-electron chi connectivity index (χ2n) is 5.74. The summed E-state index contributed by atoms with van der Waals surface area (Å²) in [7, 11) is 4.50. The van der Waals surface area contributed by atoms with E-state index in [2.05, 4.69) is 47.6 Å². The van der Waals surface area contributed by atoms with Crippen LogP contribution in [0.4, 0.5) is 0 Å². The molecule has 6 N–H and O–H groups in total. The lowest BCUT2D eigenvalue weighted by atomic mass is 9.87. The van der Waals surface area contributed by atoms with Crippen molar-refractivity contribution in [3.63, 3.8) is 0 Å². The van der Waals surface area contributed by atoms with Crippen LogP contribution in [0.25, 0.3) is 10.8 Å². The van der Waals surface area contributed by atoms with Gasteiger partial charge in [0.15, 0.2) is 5.78 Å². The van der Waals surface area contributed by atoms with Crippen molar-refractivity contribution in [3.8, 4) is 0 Å². The van der Waals surface area contributed by atoms with Crippen LogP contribution in [0.15, 0.2) is 91.0 Å². The number of carbonyl (C=O) groups excluding carboxylic acids is 1. The maximum atomic E-state index is 13.2. The summed E-state index contributed by atoms with van der Waals surface area (Å²) in [5.74, 6) is 0.258. The van der Waals surface area contributed by atoms with Crippen LogP contribution in [-0.2, 0) is 0 Å². The van der Waals surface area contributed by atoms with Gasteiger partial charge in [-0.3, -0.25) is 4.79 Å². The van der Waals surface area contributed by atoms with E-state index in [0.29, 0.717) is 0 Å². The van der Waals surface area contributed by atoms with E-state index in [9.17, 15) is 4.79 Å². The Hall–Kier alpha value is -3.05. The molecule has 0 aliphatic heterocycles. The van der Waals surface area contributed by atoms with Crippen molar-refractivity contribution in [3.05, 3.63) is 108 Å². The van der Waals surface area contributed by atoms with Gasteiger partial charge in [0.05, 0.1) is 0 Å². The lowest BCUT2D eigenvalue weighted by Gasteiger charge is -2.15. The van der Waals surface area contributed by atoms with Crippen LogP contribution in [0, 0.1) is 0 Å². The minimum Gasteiger partial charge on any atom is -0.333 e. The Labute approximate surface area is 173 Å². The van der Waals surface area contributed by atoms with E-state index in [4.69, 9.17) is 0 Å². The van der Waals surface area contributed by atoms with Gasteiger partial charge in [-0.25, -0.2) is 0 Å². The fourth-order valence-corrected chi connectivity index (χ4v) is 3.19. The van der Waals surface area contributed by atoms with Crippen molar-refractivity contribution in [2.45, 2.75) is 5.92 Å². The summed E-state index contributed by atoms with van der Waals surface area (Å²) in [5.41, 5.74) is 16.1. The average Bonchev–Trinajstić information content (AvgIpc) is 3.37. The second kappa shape index (κ2) is 13.2. The van der Waals surface area contributed by atoms with Crippen LogP contribution in [0.3, 0.4) is 0 Å². The Morgan fingerprint density at radius 2 is 1.24 bits per heavy atom. The minimum absolute atomic E-state index is 0.0890. The number of carbonyl (C=O) groups is 1. The zero-order chi connectivity index (χ0) is 21.6. The number of nitrogens with two attached hydrogens (primary N) is 3. The molecular weight excluding hydrogens is 358 g/mol. The molecule has 0 unspecified atom stereocenters. The Morgan fingerprint density at radius 1 is 0.690 bits per heavy atom. The summed E-state index contributed by atoms with van der Waals surface area (Å²) in [6.45, 7) is 0. The van der Waals surface area contributed by atoms with Crippen molar-refractivity contribution >= 4 is 16.6 Å². The first-order chi connectivity index (χ1) is 14.3. The van der Waals surface area contributed by atoms with Crippen LogP contribution >= 0.6 is 0 Å². The predicted octanol–water partition coefficient (Wildman–Crippen LogP) is 4.01. The van der Waals surface area contributed by atoms with Crippen LogP contribution in [0.2, 0.25) is 0 Å². The zero-order valence-electron chi connectivity index (χ0n) is 17.4. The molecule has 0 fully saturated rings. The lowest BCUT2D eigenvalue weighted by Crippen LogP contribution is -2.08. The molecular formula is C25H31N3O. The third-order valence-corrected chi connectivity index (χ3v) is 4.33. The maximum Gasteiger partial charge on any atom is 0.193 e. The van der Waals surface area contributed by atoms with Gasteiger partial charge >= 0.3 is 0 Å². The summed E-state index contributed by atoms with van der Waals surface area (Å²) in [4.78, 5) is 13.2. The monoisotopic (exact) mass is 389 g/mol. The molecule has 1 aliphatic rings. The standard InChI is InChI=1S/C22H16O.3CH5N/c23-22(18-11-2-1-3-12-18)21-19-13-7-6-10-17(19)14-15-20(21)16-8-4-5-9-16;3*1-2/h1-16H;3*2H2,1H3. The second-order valence-corrected chi connectivity index (χ2v) is 5.74. The van der Waals surface area contributed by atoms with E-state index in [1.54, 1.807) is 0 Å². The largest absolute Gasteiger partial charge is 0.333 e. The van der Waals surface area contributed by atoms with Gasteiger partial charge < -0.3 is 17.2 Å². The van der Waals surface area contributed by atoms with Crippen molar-refractivity contribution in [2.24, 2.45) is 17.2 Å². The average molecular weight is 390 g/mol. The van der Waals surface area contributed by atoms with Crippen molar-refractivity contribution < 1.29 is 4.79 Å². The smallest absolute Gasteiger partial charge is 0.193 e. The molecule has 0 radical (unpaired) electrons. The molecule has 0 saturated carbocycles. The van der Waals surface area contributed by atoms with Crippen LogP contribution in [-0.4, -0.2) is 26.9 Å². The minimum atomic E-state index is 0.0890. The van der Waals surface area contributed by atoms with E-state index in [0.717, 1.165) is 27.5 Å². The number of hydrogen-bond acceptors (Lipinski definition) is 4. The predicted molar refractivity (Wildman–Crippen MR) is 125 cm³/mol. The van der Waals surface area contributed by atoms with Crippen LogP contribution < -0.4 is 17.2 Å². The Bertz CT molecular complexity index is 935. The summed E-state index contributed by atoms with van der Waals surface area (Å²) in [6, 6.07) is 21.8. The number of ketones is 1. The molecule has 3 aromatic carbocycles. The fraction of sp³-hybridized carbons (Fsp3) is 0.160. The molecule has 0 saturated heterocycles. The van der Waals surface area contributed by atoms with Gasteiger partial charge in [-0.1, -0.05) is 91.0 Å². The summed E-state index contributed by atoms with van der Waals surface area (Å²) >= 11 is 0. The van der Waals surface area contributed by atoms with E-state index in [-0.39, 0.29) is 11.7 Å². The summed E-state index contributed by atoms with van der Waals surface area (Å²) in [5, 5.41) is 2.12. The third-order valence-electron chi connectivity index (χ3n) is 4.33. The highest BCUT2D eigenvalue weighted by atomic mass is 16.1. The van der Waals surface area contributed by atoms with Crippen molar-refractivity contribution in [1.82, 2.24) is 0 Å². The van der Waals surface area contributed by atoms with E-state index < -0.39 is 0 Å². The van der Waals surface area contributed by atoms with E-state index in [1.165, 1.54) is 21.1 Å². The molecule has 0 spiro atoms. The van der Waals surface area contributed by atoms with Crippen LogP contribution in [0.5, 0.6) is 0 Å². The van der Waals surface area contributed by atoms with Gasteiger partial charge in [0.2, 0.25) is 0 Å². The molecule has 0 aromatic heterocycles. The number of hydrogen-bond donors (Lipinski definition) is 3. The highest BCUT2D eigenvalue weighted by Crippen LogP contribution is 2.32. The van der Waals surface area contributed by atoms with Gasteiger partial charge in [-0.15, -0.1) is 0 Å². The van der Waals surface area contributed by atoms with Gasteiger partial charge in [0.25, 0.3) is 0 Å².